The molecule has 10 nitrogen and oxygen atoms in total. The summed E-state index contributed by atoms with van der Waals surface area (Å²) in [4.78, 5) is 19.9. The number of amides is 1. The first-order valence-electron chi connectivity index (χ1n) is 7.46. The Morgan fingerprint density at radius 2 is 2.08 bits per heavy atom. The second-order valence-electron chi connectivity index (χ2n) is 5.18. The molecule has 0 fully saturated rings. The normalized spacial score (nSPS) is 11.2. The third-order valence-electron chi connectivity index (χ3n) is 3.47. The SMILES string of the molecule is Cn1nnnc1-c1ccccc1C=C(ON)c1cccc(NC(=O)O)n1. The Morgan fingerprint density at radius 3 is 2.77 bits per heavy atom. The lowest BCUT2D eigenvalue weighted by molar-refractivity contribution is 0.209. The van der Waals surface area contributed by atoms with Crippen LogP contribution in [0.4, 0.5) is 10.6 Å². The second kappa shape index (κ2) is 7.40. The molecule has 26 heavy (non-hydrogen) atoms. The number of benzene rings is 1. The molecule has 2 aromatic heterocycles. The van der Waals surface area contributed by atoms with Crippen molar-refractivity contribution in [3.8, 4) is 11.4 Å². The molecule has 0 aliphatic carbocycles. The predicted molar refractivity (Wildman–Crippen MR) is 93.3 cm³/mol. The van der Waals surface area contributed by atoms with Crippen molar-refractivity contribution >= 4 is 23.7 Å². The molecule has 0 spiro atoms. The molecule has 1 amide bonds. The van der Waals surface area contributed by atoms with Gasteiger partial charge in [0.15, 0.2) is 11.6 Å². The highest BCUT2D eigenvalue weighted by atomic mass is 16.6. The molecule has 0 radical (unpaired) electrons. The molecule has 0 saturated carbocycles. The van der Waals surface area contributed by atoms with E-state index in [-0.39, 0.29) is 11.6 Å². The summed E-state index contributed by atoms with van der Waals surface area (Å²) in [6.45, 7) is 0. The van der Waals surface area contributed by atoms with Crippen molar-refractivity contribution < 1.29 is 14.7 Å². The minimum absolute atomic E-state index is 0.156. The van der Waals surface area contributed by atoms with Gasteiger partial charge in [0.1, 0.15) is 11.5 Å². The van der Waals surface area contributed by atoms with E-state index in [4.69, 9.17) is 15.8 Å². The Bertz CT molecular complexity index is 968. The molecular weight excluding hydrogens is 338 g/mol. The summed E-state index contributed by atoms with van der Waals surface area (Å²) in [6, 6.07) is 12.2. The number of hydrogen-bond acceptors (Lipinski definition) is 7. The molecule has 3 rings (SSSR count). The van der Waals surface area contributed by atoms with Gasteiger partial charge >= 0.3 is 6.09 Å². The van der Waals surface area contributed by atoms with Crippen LogP contribution in [-0.2, 0) is 11.9 Å². The zero-order valence-electron chi connectivity index (χ0n) is 13.7. The van der Waals surface area contributed by atoms with Crippen LogP contribution < -0.4 is 11.2 Å². The van der Waals surface area contributed by atoms with Gasteiger partial charge in [0, 0.05) is 12.6 Å². The smallest absolute Gasteiger partial charge is 0.410 e. The van der Waals surface area contributed by atoms with Crippen molar-refractivity contribution in [1.82, 2.24) is 25.2 Å². The van der Waals surface area contributed by atoms with Gasteiger partial charge in [0.05, 0.1) is 0 Å². The third kappa shape index (κ3) is 3.65. The van der Waals surface area contributed by atoms with Crippen LogP contribution in [0.15, 0.2) is 42.5 Å². The summed E-state index contributed by atoms with van der Waals surface area (Å²) < 4.78 is 1.55. The Balaban J connectivity index is 2.03. The lowest BCUT2D eigenvalue weighted by Crippen LogP contribution is -2.10. The molecule has 4 N–H and O–H groups in total. The maximum atomic E-state index is 10.8. The van der Waals surface area contributed by atoms with Gasteiger partial charge in [-0.3, -0.25) is 5.32 Å². The van der Waals surface area contributed by atoms with Crippen LogP contribution in [0.25, 0.3) is 23.2 Å². The number of nitrogens with one attached hydrogen (secondary N) is 1. The Hall–Kier alpha value is -3.79. The van der Waals surface area contributed by atoms with Gasteiger partial charge in [-0.1, -0.05) is 30.3 Å². The van der Waals surface area contributed by atoms with E-state index in [0.29, 0.717) is 11.5 Å². The van der Waals surface area contributed by atoms with Crippen LogP contribution in [-0.4, -0.2) is 36.4 Å². The second-order valence-corrected chi connectivity index (χ2v) is 5.18. The summed E-state index contributed by atoms with van der Waals surface area (Å²) in [6.07, 6.45) is 0.464. The quantitative estimate of drug-likeness (QED) is 0.465. The summed E-state index contributed by atoms with van der Waals surface area (Å²) in [5, 5.41) is 22.5. The number of hydrogen-bond donors (Lipinski definition) is 3. The van der Waals surface area contributed by atoms with Crippen LogP contribution in [0.3, 0.4) is 0 Å². The van der Waals surface area contributed by atoms with Gasteiger partial charge in [0.25, 0.3) is 0 Å². The minimum atomic E-state index is -1.21. The average Bonchev–Trinajstić information content (AvgIpc) is 3.05. The van der Waals surface area contributed by atoms with E-state index in [1.165, 1.54) is 6.07 Å². The number of tetrazole rings is 1. The van der Waals surface area contributed by atoms with Crippen molar-refractivity contribution in [3.05, 3.63) is 53.7 Å². The van der Waals surface area contributed by atoms with E-state index < -0.39 is 6.09 Å². The molecule has 0 aliphatic heterocycles. The van der Waals surface area contributed by atoms with Crippen molar-refractivity contribution in [2.45, 2.75) is 0 Å². The van der Waals surface area contributed by atoms with Crippen molar-refractivity contribution in [2.75, 3.05) is 5.32 Å². The lowest BCUT2D eigenvalue weighted by Gasteiger charge is -2.09. The van der Waals surface area contributed by atoms with Crippen molar-refractivity contribution in [2.24, 2.45) is 12.9 Å². The number of rotatable bonds is 5. The number of nitrogens with two attached hydrogens (primary N) is 1. The van der Waals surface area contributed by atoms with E-state index in [1.54, 1.807) is 29.9 Å². The minimum Gasteiger partial charge on any atom is -0.465 e. The zero-order chi connectivity index (χ0) is 18.5. The van der Waals surface area contributed by atoms with Crippen molar-refractivity contribution in [3.63, 3.8) is 0 Å². The van der Waals surface area contributed by atoms with Crippen LogP contribution >= 0.6 is 0 Å². The molecule has 3 aromatic rings. The van der Waals surface area contributed by atoms with Gasteiger partial charge in [-0.25, -0.2) is 14.5 Å². The first-order valence-corrected chi connectivity index (χ1v) is 7.46. The maximum absolute atomic E-state index is 10.8. The highest BCUT2D eigenvalue weighted by Crippen LogP contribution is 2.25. The van der Waals surface area contributed by atoms with Gasteiger partial charge < -0.3 is 9.94 Å². The number of carbonyl (C=O) groups is 1. The van der Waals surface area contributed by atoms with Gasteiger partial charge in [-0.2, -0.15) is 5.90 Å². The fourth-order valence-electron chi connectivity index (χ4n) is 2.34. The highest BCUT2D eigenvalue weighted by molar-refractivity contribution is 5.84. The average molecular weight is 353 g/mol. The number of carboxylic acid groups (broad SMARTS) is 1. The number of nitrogens with zero attached hydrogens (tertiary/aromatic N) is 5. The molecular formula is C16H15N7O3. The summed E-state index contributed by atoms with van der Waals surface area (Å²) in [7, 11) is 1.73. The molecule has 0 atom stereocenters. The monoisotopic (exact) mass is 353 g/mol. The molecule has 1 aromatic carbocycles. The number of aromatic nitrogens is 5. The van der Waals surface area contributed by atoms with Crippen LogP contribution in [0.1, 0.15) is 11.3 Å². The molecule has 0 unspecified atom stereocenters. The van der Waals surface area contributed by atoms with Crippen LogP contribution in [0, 0.1) is 0 Å². The zero-order valence-corrected chi connectivity index (χ0v) is 13.7. The molecule has 0 aliphatic rings. The summed E-state index contributed by atoms with van der Waals surface area (Å²) >= 11 is 0. The Labute approximate surface area is 147 Å². The standard InChI is InChI=1S/C16H15N7O3/c1-23-15(20-21-22-23)11-6-3-2-5-10(11)9-13(26-17)12-7-4-8-14(18-12)19-16(24)25/h2-9H,17H2,1H3,(H,18,19)(H,24,25). The van der Waals surface area contributed by atoms with Gasteiger partial charge in [0.2, 0.25) is 0 Å². The van der Waals surface area contributed by atoms with Gasteiger partial charge in [-0.05, 0) is 34.2 Å². The Kier molecular flexibility index (Phi) is 4.85. The van der Waals surface area contributed by atoms with Crippen LogP contribution in [0.5, 0.6) is 0 Å². The molecule has 132 valence electrons. The number of pyridine rings is 1. The topological polar surface area (TPSA) is 141 Å². The van der Waals surface area contributed by atoms with Crippen LogP contribution in [0.2, 0.25) is 0 Å². The predicted octanol–water partition coefficient (Wildman–Crippen LogP) is 1.75. The van der Waals surface area contributed by atoms with E-state index in [2.05, 4.69) is 25.8 Å². The molecule has 0 bridgehead atoms. The lowest BCUT2D eigenvalue weighted by atomic mass is 10.1. The highest BCUT2D eigenvalue weighted by Gasteiger charge is 2.12. The molecule has 2 heterocycles. The summed E-state index contributed by atoms with van der Waals surface area (Å²) in [5.74, 6) is 6.39. The number of anilines is 1. The third-order valence-corrected chi connectivity index (χ3v) is 3.47. The van der Waals surface area contributed by atoms with Gasteiger partial charge in [-0.15, -0.1) is 5.10 Å². The molecule has 10 heteroatoms. The van der Waals surface area contributed by atoms with E-state index >= 15 is 0 Å². The largest absolute Gasteiger partial charge is 0.465 e. The fraction of sp³-hybridized carbons (Fsp3) is 0.0625. The Morgan fingerprint density at radius 1 is 1.27 bits per heavy atom. The summed E-state index contributed by atoms with van der Waals surface area (Å²) in [5.41, 5.74) is 1.89. The number of aryl methyl sites for hydroxylation is 1. The maximum Gasteiger partial charge on any atom is 0.410 e. The van der Waals surface area contributed by atoms with Crippen molar-refractivity contribution in [1.29, 1.82) is 0 Å². The molecule has 0 saturated heterocycles. The van der Waals surface area contributed by atoms with E-state index in [9.17, 15) is 4.79 Å². The first-order chi connectivity index (χ1) is 12.6. The first kappa shape index (κ1) is 17.0. The fourth-order valence-corrected chi connectivity index (χ4v) is 2.34. The van der Waals surface area contributed by atoms with E-state index in [1.807, 2.05) is 24.3 Å². The van der Waals surface area contributed by atoms with E-state index in [0.717, 1.165) is 11.1 Å².